The fourth-order valence-electron chi connectivity index (χ4n) is 8.18. The first-order valence-electron chi connectivity index (χ1n) is 8.94. The molecule has 6 saturated carbocycles. The van der Waals surface area contributed by atoms with E-state index >= 15 is 0 Å². The number of rotatable bonds is 1. The van der Waals surface area contributed by atoms with Gasteiger partial charge in [0.15, 0.2) is 0 Å². The number of thiol groups is 1. The summed E-state index contributed by atoms with van der Waals surface area (Å²) in [6.45, 7) is 2.54. The van der Waals surface area contributed by atoms with E-state index in [0.29, 0.717) is 4.75 Å². The smallest absolute Gasteiger partial charge is 0.0195 e. The summed E-state index contributed by atoms with van der Waals surface area (Å²) >= 11 is 5.20. The van der Waals surface area contributed by atoms with E-state index in [1.54, 1.807) is 19.3 Å². The lowest BCUT2D eigenvalue weighted by Crippen LogP contribution is -2.68. The SMILES string of the molecule is CC1CCC1C1C2C3CCC3C2C2C1C1CCC12S. The van der Waals surface area contributed by atoms with Crippen LogP contribution in [-0.2, 0) is 0 Å². The van der Waals surface area contributed by atoms with Crippen LogP contribution in [0.5, 0.6) is 0 Å². The molecule has 6 aliphatic carbocycles. The van der Waals surface area contributed by atoms with E-state index in [4.69, 9.17) is 12.6 Å². The van der Waals surface area contributed by atoms with Crippen molar-refractivity contribution in [3.05, 3.63) is 0 Å². The van der Waals surface area contributed by atoms with Crippen LogP contribution in [0.15, 0.2) is 0 Å². The van der Waals surface area contributed by atoms with Crippen molar-refractivity contribution >= 4 is 12.6 Å². The first-order valence-corrected chi connectivity index (χ1v) is 9.39. The molecule has 1 heteroatoms. The Morgan fingerprint density at radius 3 is 2.00 bits per heavy atom. The maximum atomic E-state index is 5.20. The van der Waals surface area contributed by atoms with Gasteiger partial charge in [0, 0.05) is 4.75 Å². The normalized spacial score (nSPS) is 74.8. The number of hydrogen-bond acceptors (Lipinski definition) is 1. The summed E-state index contributed by atoms with van der Waals surface area (Å²) < 4.78 is 0.538. The lowest BCUT2D eigenvalue weighted by Gasteiger charge is -2.69. The van der Waals surface area contributed by atoms with Gasteiger partial charge in [0.2, 0.25) is 0 Å². The topological polar surface area (TPSA) is 0 Å². The van der Waals surface area contributed by atoms with Gasteiger partial charge < -0.3 is 0 Å². The summed E-state index contributed by atoms with van der Waals surface area (Å²) in [5.41, 5.74) is 0. The van der Waals surface area contributed by atoms with Crippen LogP contribution in [0.2, 0.25) is 0 Å². The Hall–Kier alpha value is 0.350. The largest absolute Gasteiger partial charge is 0.172 e. The molecule has 0 heterocycles. The van der Waals surface area contributed by atoms with Gasteiger partial charge in [-0.05, 0) is 91.3 Å². The summed E-state index contributed by atoms with van der Waals surface area (Å²) in [5, 5.41) is 0. The highest BCUT2D eigenvalue weighted by Gasteiger charge is 2.80. The van der Waals surface area contributed by atoms with Crippen LogP contribution in [0.25, 0.3) is 0 Å². The number of fused-ring (bicyclic) bond motifs is 9. The Labute approximate surface area is 122 Å². The van der Waals surface area contributed by atoms with Gasteiger partial charge in [-0.15, -0.1) is 0 Å². The molecule has 11 unspecified atom stereocenters. The predicted octanol–water partition coefficient (Wildman–Crippen LogP) is 4.26. The maximum Gasteiger partial charge on any atom is 0.0195 e. The molecule has 0 aromatic carbocycles. The highest BCUT2D eigenvalue weighted by Crippen LogP contribution is 2.83. The lowest BCUT2D eigenvalue weighted by atomic mass is 9.40. The van der Waals surface area contributed by atoms with Crippen molar-refractivity contribution in [1.29, 1.82) is 0 Å². The van der Waals surface area contributed by atoms with Crippen LogP contribution in [0.4, 0.5) is 0 Å². The van der Waals surface area contributed by atoms with Gasteiger partial charge in [0.1, 0.15) is 0 Å². The molecule has 6 rings (SSSR count). The molecule has 6 aliphatic rings. The summed E-state index contributed by atoms with van der Waals surface area (Å²) in [7, 11) is 0. The quantitative estimate of drug-likeness (QED) is 0.679. The summed E-state index contributed by atoms with van der Waals surface area (Å²) in [4.78, 5) is 0. The van der Waals surface area contributed by atoms with E-state index in [0.717, 1.165) is 41.4 Å². The van der Waals surface area contributed by atoms with Gasteiger partial charge in [-0.2, -0.15) is 12.6 Å². The van der Waals surface area contributed by atoms with E-state index in [1.807, 2.05) is 0 Å². The molecular formula is C18H26S. The average molecular weight is 274 g/mol. The van der Waals surface area contributed by atoms with Crippen molar-refractivity contribution in [3.8, 4) is 0 Å². The second-order valence-electron chi connectivity index (χ2n) is 9.10. The minimum Gasteiger partial charge on any atom is -0.172 e. The average Bonchev–Trinajstić information content (AvgIpc) is 2.58. The van der Waals surface area contributed by atoms with Crippen molar-refractivity contribution in [2.75, 3.05) is 0 Å². The summed E-state index contributed by atoms with van der Waals surface area (Å²) in [5.74, 6) is 11.3. The van der Waals surface area contributed by atoms with Gasteiger partial charge in [-0.25, -0.2) is 0 Å². The fraction of sp³-hybridized carbons (Fsp3) is 1.00. The van der Waals surface area contributed by atoms with Crippen LogP contribution < -0.4 is 0 Å². The predicted molar refractivity (Wildman–Crippen MR) is 80.0 cm³/mol. The first kappa shape index (κ1) is 11.0. The van der Waals surface area contributed by atoms with Crippen molar-refractivity contribution in [1.82, 2.24) is 0 Å². The molecule has 11 atom stereocenters. The first-order chi connectivity index (χ1) is 9.22. The molecule has 0 aromatic heterocycles. The van der Waals surface area contributed by atoms with E-state index in [1.165, 1.54) is 37.0 Å². The zero-order chi connectivity index (χ0) is 12.5. The van der Waals surface area contributed by atoms with Crippen LogP contribution in [0.1, 0.15) is 45.4 Å². The molecule has 0 amide bonds. The highest BCUT2D eigenvalue weighted by atomic mass is 32.1. The van der Waals surface area contributed by atoms with Crippen molar-refractivity contribution < 1.29 is 0 Å². The molecule has 19 heavy (non-hydrogen) atoms. The van der Waals surface area contributed by atoms with Gasteiger partial charge in [0.05, 0.1) is 0 Å². The highest BCUT2D eigenvalue weighted by molar-refractivity contribution is 7.82. The van der Waals surface area contributed by atoms with Crippen LogP contribution in [0.3, 0.4) is 0 Å². The van der Waals surface area contributed by atoms with Crippen LogP contribution >= 0.6 is 12.6 Å². The molecule has 104 valence electrons. The lowest BCUT2D eigenvalue weighted by molar-refractivity contribution is -0.145. The van der Waals surface area contributed by atoms with Gasteiger partial charge in [-0.3, -0.25) is 0 Å². The van der Waals surface area contributed by atoms with E-state index in [2.05, 4.69) is 6.92 Å². The van der Waals surface area contributed by atoms with Gasteiger partial charge in [-0.1, -0.05) is 13.3 Å². The Bertz CT molecular complexity index is 459. The van der Waals surface area contributed by atoms with Crippen LogP contribution in [0, 0.1) is 59.2 Å². The third-order valence-electron chi connectivity index (χ3n) is 9.26. The molecule has 0 nitrogen and oxygen atoms in total. The molecule has 0 bridgehead atoms. The van der Waals surface area contributed by atoms with Gasteiger partial charge >= 0.3 is 0 Å². The fourth-order valence-corrected chi connectivity index (χ4v) is 8.96. The molecule has 0 saturated heterocycles. The zero-order valence-corrected chi connectivity index (χ0v) is 12.9. The maximum absolute atomic E-state index is 5.20. The molecule has 0 aliphatic heterocycles. The third-order valence-corrected chi connectivity index (χ3v) is 10.1. The molecular weight excluding hydrogens is 248 g/mol. The summed E-state index contributed by atoms with van der Waals surface area (Å²) in [6.07, 6.45) is 9.25. The van der Waals surface area contributed by atoms with Crippen molar-refractivity contribution in [2.24, 2.45) is 59.2 Å². The Morgan fingerprint density at radius 1 is 0.789 bits per heavy atom. The number of hydrogen-bond donors (Lipinski definition) is 1. The monoisotopic (exact) mass is 274 g/mol. The molecule has 0 spiro atoms. The minimum atomic E-state index is 0.538. The minimum absolute atomic E-state index is 0.538. The Balaban J connectivity index is 1.41. The molecule has 0 aromatic rings. The van der Waals surface area contributed by atoms with Crippen LogP contribution in [-0.4, -0.2) is 4.75 Å². The van der Waals surface area contributed by atoms with Gasteiger partial charge in [0.25, 0.3) is 0 Å². The van der Waals surface area contributed by atoms with Crippen molar-refractivity contribution in [2.45, 2.75) is 50.2 Å². The van der Waals surface area contributed by atoms with E-state index < -0.39 is 0 Å². The summed E-state index contributed by atoms with van der Waals surface area (Å²) in [6, 6.07) is 0. The van der Waals surface area contributed by atoms with E-state index in [-0.39, 0.29) is 0 Å². The second kappa shape index (κ2) is 3.08. The Morgan fingerprint density at radius 2 is 1.47 bits per heavy atom. The molecule has 0 N–H and O–H groups in total. The van der Waals surface area contributed by atoms with Crippen molar-refractivity contribution in [3.63, 3.8) is 0 Å². The molecule has 0 radical (unpaired) electrons. The Kier molecular flexibility index (Phi) is 1.78. The molecule has 6 fully saturated rings. The van der Waals surface area contributed by atoms with E-state index in [9.17, 15) is 0 Å². The third kappa shape index (κ3) is 0.937. The zero-order valence-electron chi connectivity index (χ0n) is 12.0. The second-order valence-corrected chi connectivity index (χ2v) is 9.93. The standard InChI is InChI=1S/C18H26S/c1-8-2-3-9(8)13-14-10-4-5-11(10)15(14)17-16(13)12-6-7-18(12,17)19/h8-17,19H,2-7H2,1H3.